The lowest BCUT2D eigenvalue weighted by Gasteiger charge is -2.13. The van der Waals surface area contributed by atoms with Gasteiger partial charge in [0.25, 0.3) is 0 Å². The van der Waals surface area contributed by atoms with Gasteiger partial charge in [0.15, 0.2) is 0 Å². The van der Waals surface area contributed by atoms with Crippen LogP contribution in [0.25, 0.3) is 0 Å². The molecule has 0 radical (unpaired) electrons. The summed E-state index contributed by atoms with van der Waals surface area (Å²) >= 11 is 0. The first-order valence-corrected chi connectivity index (χ1v) is 5.37. The maximum absolute atomic E-state index is 5.92. The second-order valence-corrected chi connectivity index (χ2v) is 4.72. The van der Waals surface area contributed by atoms with Crippen LogP contribution in [-0.2, 0) is 6.42 Å². The van der Waals surface area contributed by atoms with Gasteiger partial charge >= 0.3 is 0 Å². The highest BCUT2D eigenvalue weighted by Gasteiger charge is 2.08. The van der Waals surface area contributed by atoms with Crippen molar-refractivity contribution in [2.75, 3.05) is 0 Å². The summed E-state index contributed by atoms with van der Waals surface area (Å²) in [6.07, 6.45) is 1.05. The summed E-state index contributed by atoms with van der Waals surface area (Å²) in [5, 5.41) is 0. The van der Waals surface area contributed by atoms with Crippen molar-refractivity contribution in [2.45, 2.75) is 39.7 Å². The van der Waals surface area contributed by atoms with Crippen molar-refractivity contribution in [3.63, 3.8) is 0 Å². The molecule has 0 atom stereocenters. The van der Waals surface area contributed by atoms with Crippen LogP contribution < -0.4 is 5.73 Å². The molecule has 0 aliphatic rings. The number of rotatable bonds is 2. The number of hydrogen-bond donors (Lipinski definition) is 1. The Bertz CT molecular complexity index is 342. The minimum absolute atomic E-state index is 0.118. The van der Waals surface area contributed by atoms with Gasteiger partial charge in [-0.25, -0.2) is 0 Å². The van der Waals surface area contributed by atoms with Crippen molar-refractivity contribution in [3.05, 3.63) is 35.4 Å². The molecule has 2 heteroatoms. The van der Waals surface area contributed by atoms with E-state index in [1.54, 1.807) is 0 Å². The molecule has 0 aliphatic heterocycles. The first kappa shape index (κ1) is 11.8. The van der Waals surface area contributed by atoms with Gasteiger partial charge in [-0.3, -0.25) is 4.99 Å². The van der Waals surface area contributed by atoms with Crippen LogP contribution in [0.15, 0.2) is 29.3 Å². The highest BCUT2D eigenvalue weighted by Crippen LogP contribution is 2.10. The zero-order valence-corrected chi connectivity index (χ0v) is 10.0. The van der Waals surface area contributed by atoms with E-state index in [1.807, 2.05) is 32.9 Å². The molecular weight excluding hydrogens is 184 g/mol. The second-order valence-electron chi connectivity index (χ2n) is 4.72. The fourth-order valence-corrected chi connectivity index (χ4v) is 1.34. The largest absolute Gasteiger partial charge is 0.383 e. The lowest BCUT2D eigenvalue weighted by molar-refractivity contribution is 0.583. The number of hydrogen-bond acceptors (Lipinski definition) is 1. The average Bonchev–Trinajstić information content (AvgIpc) is 2.15. The fourth-order valence-electron chi connectivity index (χ4n) is 1.34. The zero-order chi connectivity index (χ0) is 11.5. The van der Waals surface area contributed by atoms with E-state index in [-0.39, 0.29) is 5.54 Å². The van der Waals surface area contributed by atoms with Crippen LogP contribution in [-0.4, -0.2) is 11.4 Å². The Morgan fingerprint density at radius 2 is 1.73 bits per heavy atom. The van der Waals surface area contributed by atoms with E-state index in [2.05, 4.69) is 24.0 Å². The maximum atomic E-state index is 5.92. The van der Waals surface area contributed by atoms with Crippen molar-refractivity contribution in [3.8, 4) is 0 Å². The predicted molar refractivity (Wildman–Crippen MR) is 66.3 cm³/mol. The molecule has 0 aliphatic carbocycles. The van der Waals surface area contributed by atoms with Crippen molar-refractivity contribution in [1.29, 1.82) is 0 Å². The number of nitrogens with zero attached hydrogens (tertiary/aromatic N) is 1. The Kier molecular flexibility index (Phi) is 3.51. The van der Waals surface area contributed by atoms with Crippen LogP contribution in [0.4, 0.5) is 0 Å². The first-order chi connectivity index (χ1) is 6.92. The topological polar surface area (TPSA) is 38.4 Å². The van der Waals surface area contributed by atoms with Crippen LogP contribution in [0.3, 0.4) is 0 Å². The Hall–Kier alpha value is -1.31. The number of nitrogens with two attached hydrogens (primary N) is 1. The number of amidine groups is 1. The molecule has 1 rings (SSSR count). The molecular formula is C13H20N2. The van der Waals surface area contributed by atoms with Crippen molar-refractivity contribution >= 4 is 5.84 Å². The van der Waals surface area contributed by atoms with Gasteiger partial charge in [0.2, 0.25) is 0 Å². The lowest BCUT2D eigenvalue weighted by Crippen LogP contribution is -2.21. The van der Waals surface area contributed by atoms with Crippen molar-refractivity contribution in [2.24, 2.45) is 10.7 Å². The molecule has 0 saturated heterocycles. The van der Waals surface area contributed by atoms with Gasteiger partial charge in [-0.05, 0) is 32.8 Å². The summed E-state index contributed by atoms with van der Waals surface area (Å²) in [4.78, 5) is 4.43. The van der Waals surface area contributed by atoms with Crippen LogP contribution in [0.2, 0.25) is 0 Å². The lowest BCUT2D eigenvalue weighted by atomic mass is 10.1. The Labute approximate surface area is 92.2 Å². The quantitative estimate of drug-likeness (QED) is 0.584. The second kappa shape index (κ2) is 4.47. The molecule has 2 nitrogen and oxygen atoms in total. The standard InChI is InChI=1S/C13H20N2/c1-5-10-6-8-11(9-7-10)12(14)15-13(2,3)4/h6-9H,5H2,1-4H3,(H2,14,15). The molecule has 0 bridgehead atoms. The van der Waals surface area contributed by atoms with Gasteiger partial charge in [0.05, 0.1) is 5.54 Å². The Balaban J connectivity index is 2.92. The van der Waals surface area contributed by atoms with Crippen molar-refractivity contribution < 1.29 is 0 Å². The summed E-state index contributed by atoms with van der Waals surface area (Å²) in [5.41, 5.74) is 8.13. The SMILES string of the molecule is CCc1ccc(C(N)=NC(C)(C)C)cc1. The van der Waals surface area contributed by atoms with E-state index >= 15 is 0 Å². The van der Waals surface area contributed by atoms with E-state index in [0.717, 1.165) is 12.0 Å². The Morgan fingerprint density at radius 1 is 1.20 bits per heavy atom. The van der Waals surface area contributed by atoms with Gasteiger partial charge < -0.3 is 5.73 Å². The highest BCUT2D eigenvalue weighted by atomic mass is 14.9. The van der Waals surface area contributed by atoms with Gasteiger partial charge in [0.1, 0.15) is 5.84 Å². The highest BCUT2D eigenvalue weighted by molar-refractivity contribution is 5.97. The van der Waals surface area contributed by atoms with Gasteiger partial charge in [0, 0.05) is 5.56 Å². The smallest absolute Gasteiger partial charge is 0.126 e. The maximum Gasteiger partial charge on any atom is 0.126 e. The molecule has 0 heterocycles. The summed E-state index contributed by atoms with van der Waals surface area (Å²) in [6.45, 7) is 8.27. The molecule has 0 amide bonds. The molecule has 1 aromatic rings. The molecule has 0 spiro atoms. The van der Waals surface area contributed by atoms with E-state index < -0.39 is 0 Å². The van der Waals surface area contributed by atoms with E-state index in [1.165, 1.54) is 5.56 Å². The zero-order valence-electron chi connectivity index (χ0n) is 10.0. The summed E-state index contributed by atoms with van der Waals surface area (Å²) < 4.78 is 0. The predicted octanol–water partition coefficient (Wildman–Crippen LogP) is 2.75. The van der Waals surface area contributed by atoms with E-state index in [4.69, 9.17) is 5.73 Å². The molecule has 15 heavy (non-hydrogen) atoms. The minimum atomic E-state index is -0.118. The normalized spacial score (nSPS) is 12.9. The summed E-state index contributed by atoms with van der Waals surface area (Å²) in [6, 6.07) is 8.26. The van der Waals surface area contributed by atoms with Crippen LogP contribution in [0, 0.1) is 0 Å². The van der Waals surface area contributed by atoms with Crippen LogP contribution >= 0.6 is 0 Å². The average molecular weight is 204 g/mol. The fraction of sp³-hybridized carbons (Fsp3) is 0.462. The Morgan fingerprint density at radius 3 is 2.13 bits per heavy atom. The van der Waals surface area contributed by atoms with Crippen LogP contribution in [0.1, 0.15) is 38.8 Å². The molecule has 1 aromatic carbocycles. The van der Waals surface area contributed by atoms with Crippen LogP contribution in [0.5, 0.6) is 0 Å². The van der Waals surface area contributed by atoms with Gasteiger partial charge in [-0.1, -0.05) is 31.2 Å². The molecule has 0 aromatic heterocycles. The monoisotopic (exact) mass is 204 g/mol. The summed E-state index contributed by atoms with van der Waals surface area (Å²) in [7, 11) is 0. The van der Waals surface area contributed by atoms with E-state index in [9.17, 15) is 0 Å². The van der Waals surface area contributed by atoms with Gasteiger partial charge in [-0.2, -0.15) is 0 Å². The number of aliphatic imine (C=N–C) groups is 1. The van der Waals surface area contributed by atoms with Crippen molar-refractivity contribution in [1.82, 2.24) is 0 Å². The minimum Gasteiger partial charge on any atom is -0.383 e. The molecule has 0 fully saturated rings. The molecule has 82 valence electrons. The number of aryl methyl sites for hydroxylation is 1. The molecule has 2 N–H and O–H groups in total. The third-order valence-electron chi connectivity index (χ3n) is 2.11. The molecule has 0 saturated carbocycles. The third-order valence-corrected chi connectivity index (χ3v) is 2.11. The first-order valence-electron chi connectivity index (χ1n) is 5.37. The van der Waals surface area contributed by atoms with E-state index in [0.29, 0.717) is 5.84 Å². The third kappa shape index (κ3) is 3.74. The molecule has 0 unspecified atom stereocenters. The number of benzene rings is 1. The summed E-state index contributed by atoms with van der Waals surface area (Å²) in [5.74, 6) is 0.616. The van der Waals surface area contributed by atoms with Gasteiger partial charge in [-0.15, -0.1) is 0 Å².